The molecule has 0 radical (unpaired) electrons. The summed E-state index contributed by atoms with van der Waals surface area (Å²) in [5.41, 5.74) is 0.622. The fraction of sp³-hybridized carbons (Fsp3) is 0.500. The predicted octanol–water partition coefficient (Wildman–Crippen LogP) is 3.24. The highest BCUT2D eigenvalue weighted by Gasteiger charge is 2.21. The van der Waals surface area contributed by atoms with Crippen LogP contribution in [0, 0.1) is 5.92 Å². The molecule has 1 aromatic carbocycles. The second-order valence-electron chi connectivity index (χ2n) is 4.91. The molecule has 0 aromatic heterocycles. The molecule has 0 N–H and O–H groups in total. The monoisotopic (exact) mass is 343 g/mol. The van der Waals surface area contributed by atoms with Crippen LogP contribution in [0.4, 0.5) is 0 Å². The summed E-state index contributed by atoms with van der Waals surface area (Å²) >= 11 is 7.70. The molecule has 0 spiro atoms. The molecular formula is C14H18BrNO2S. The Morgan fingerprint density at radius 1 is 1.53 bits per heavy atom. The van der Waals surface area contributed by atoms with Crippen LogP contribution in [-0.4, -0.2) is 37.6 Å². The summed E-state index contributed by atoms with van der Waals surface area (Å²) in [6.45, 7) is 2.03. The summed E-state index contributed by atoms with van der Waals surface area (Å²) in [4.78, 5) is 14.6. The number of carbonyl (C=O) groups is 1. The molecule has 0 bridgehead atoms. The molecule has 5 heteroatoms. The molecule has 0 aliphatic heterocycles. The van der Waals surface area contributed by atoms with Crippen molar-refractivity contribution in [3.05, 3.63) is 28.2 Å². The molecule has 1 fully saturated rings. The molecule has 1 aliphatic carbocycles. The Kier molecular flexibility index (Phi) is 5.30. The third-order valence-corrected chi connectivity index (χ3v) is 4.02. The van der Waals surface area contributed by atoms with Crippen LogP contribution < -0.4 is 0 Å². The second kappa shape index (κ2) is 6.77. The van der Waals surface area contributed by atoms with E-state index in [1.54, 1.807) is 18.0 Å². The first kappa shape index (κ1) is 14.9. The molecule has 1 saturated carbocycles. The quantitative estimate of drug-likeness (QED) is 0.634. The lowest BCUT2D eigenvalue weighted by Gasteiger charge is -2.18. The first-order chi connectivity index (χ1) is 9.08. The van der Waals surface area contributed by atoms with Gasteiger partial charge in [0.15, 0.2) is 0 Å². The Bertz CT molecular complexity index is 463. The highest BCUT2D eigenvalue weighted by molar-refractivity contribution is 9.10. The third kappa shape index (κ3) is 4.51. The van der Waals surface area contributed by atoms with Gasteiger partial charge in [0.05, 0.1) is 12.2 Å². The minimum Gasteiger partial charge on any atom is -0.379 e. The van der Waals surface area contributed by atoms with Crippen molar-refractivity contribution < 1.29 is 9.53 Å². The van der Waals surface area contributed by atoms with Crippen LogP contribution in [0.15, 0.2) is 27.6 Å². The average Bonchev–Trinajstić information content (AvgIpc) is 3.17. The molecule has 2 rings (SSSR count). The Balaban J connectivity index is 1.83. The lowest BCUT2D eigenvalue weighted by molar-refractivity contribution is 0.0678. The van der Waals surface area contributed by atoms with Gasteiger partial charge in [-0.1, -0.05) is 15.9 Å². The Morgan fingerprint density at radius 3 is 2.89 bits per heavy atom. The maximum absolute atomic E-state index is 12.2. The van der Waals surface area contributed by atoms with E-state index in [2.05, 4.69) is 28.6 Å². The number of amides is 1. The van der Waals surface area contributed by atoms with Crippen LogP contribution in [-0.2, 0) is 4.74 Å². The number of likely N-dealkylation sites (N-methyl/N-ethyl adjacent to an activating group) is 1. The van der Waals surface area contributed by atoms with Gasteiger partial charge in [-0.3, -0.25) is 4.79 Å². The van der Waals surface area contributed by atoms with Crippen molar-refractivity contribution in [2.45, 2.75) is 17.7 Å². The number of hydrogen-bond acceptors (Lipinski definition) is 3. The highest BCUT2D eigenvalue weighted by atomic mass is 79.9. The van der Waals surface area contributed by atoms with Crippen molar-refractivity contribution in [1.29, 1.82) is 0 Å². The summed E-state index contributed by atoms with van der Waals surface area (Å²) in [6.07, 6.45) is 2.58. The van der Waals surface area contributed by atoms with Crippen LogP contribution in [0.25, 0.3) is 0 Å². The molecule has 0 atom stereocenters. The summed E-state index contributed by atoms with van der Waals surface area (Å²) in [5.74, 6) is 0.740. The third-order valence-electron chi connectivity index (χ3n) is 3.16. The first-order valence-electron chi connectivity index (χ1n) is 6.39. The van der Waals surface area contributed by atoms with Gasteiger partial charge in [-0.15, -0.1) is 12.6 Å². The Hall–Kier alpha value is -0.520. The van der Waals surface area contributed by atoms with E-state index in [0.717, 1.165) is 17.0 Å². The zero-order valence-electron chi connectivity index (χ0n) is 10.9. The fourth-order valence-electron chi connectivity index (χ4n) is 1.73. The van der Waals surface area contributed by atoms with Gasteiger partial charge in [-0.25, -0.2) is 0 Å². The van der Waals surface area contributed by atoms with Crippen molar-refractivity contribution in [2.75, 3.05) is 26.8 Å². The van der Waals surface area contributed by atoms with Crippen LogP contribution in [0.5, 0.6) is 0 Å². The van der Waals surface area contributed by atoms with Gasteiger partial charge >= 0.3 is 0 Å². The van der Waals surface area contributed by atoms with Crippen LogP contribution in [0.2, 0.25) is 0 Å². The largest absolute Gasteiger partial charge is 0.379 e. The zero-order chi connectivity index (χ0) is 13.8. The van der Waals surface area contributed by atoms with Gasteiger partial charge in [0.2, 0.25) is 0 Å². The van der Waals surface area contributed by atoms with Crippen molar-refractivity contribution in [2.24, 2.45) is 5.92 Å². The molecule has 0 unspecified atom stereocenters. The molecular weight excluding hydrogens is 326 g/mol. The van der Waals surface area contributed by atoms with Gasteiger partial charge in [0.1, 0.15) is 0 Å². The van der Waals surface area contributed by atoms with Gasteiger partial charge in [-0.2, -0.15) is 0 Å². The van der Waals surface area contributed by atoms with E-state index >= 15 is 0 Å². The molecule has 104 valence electrons. The van der Waals surface area contributed by atoms with Gasteiger partial charge in [0, 0.05) is 29.6 Å². The van der Waals surface area contributed by atoms with Gasteiger partial charge in [-0.05, 0) is 37.0 Å². The van der Waals surface area contributed by atoms with E-state index in [1.165, 1.54) is 12.8 Å². The van der Waals surface area contributed by atoms with E-state index in [9.17, 15) is 4.79 Å². The number of nitrogens with zero attached hydrogens (tertiary/aromatic N) is 1. The summed E-state index contributed by atoms with van der Waals surface area (Å²) < 4.78 is 6.46. The van der Waals surface area contributed by atoms with E-state index in [4.69, 9.17) is 4.74 Å². The van der Waals surface area contributed by atoms with Crippen LogP contribution >= 0.6 is 28.6 Å². The van der Waals surface area contributed by atoms with E-state index in [0.29, 0.717) is 23.6 Å². The van der Waals surface area contributed by atoms with Crippen LogP contribution in [0.1, 0.15) is 23.2 Å². The molecule has 0 heterocycles. The van der Waals surface area contributed by atoms with Gasteiger partial charge in [0.25, 0.3) is 5.91 Å². The number of benzene rings is 1. The standard InChI is InChI=1S/C14H18BrNO2S/c1-16(6-7-18-9-10-2-3-10)14(17)12-5-4-11(15)8-13(12)19/h4-5,8,10,19H,2-3,6-7,9H2,1H3. The normalized spacial score (nSPS) is 14.5. The molecule has 0 saturated heterocycles. The summed E-state index contributed by atoms with van der Waals surface area (Å²) in [6, 6.07) is 5.47. The lowest BCUT2D eigenvalue weighted by Crippen LogP contribution is -2.30. The predicted molar refractivity (Wildman–Crippen MR) is 81.9 cm³/mol. The maximum atomic E-state index is 12.2. The summed E-state index contributed by atoms with van der Waals surface area (Å²) in [7, 11) is 1.79. The molecule has 19 heavy (non-hydrogen) atoms. The van der Waals surface area contributed by atoms with Crippen molar-refractivity contribution in [3.63, 3.8) is 0 Å². The molecule has 1 aliphatic rings. The number of halogens is 1. The Labute approximate surface area is 127 Å². The number of hydrogen-bond donors (Lipinski definition) is 1. The topological polar surface area (TPSA) is 29.5 Å². The molecule has 1 aromatic rings. The van der Waals surface area contributed by atoms with Crippen LogP contribution in [0.3, 0.4) is 0 Å². The van der Waals surface area contributed by atoms with Crippen molar-refractivity contribution in [3.8, 4) is 0 Å². The number of rotatable bonds is 6. The highest BCUT2D eigenvalue weighted by Crippen LogP contribution is 2.28. The Morgan fingerprint density at radius 2 is 2.26 bits per heavy atom. The first-order valence-corrected chi connectivity index (χ1v) is 7.63. The SMILES string of the molecule is CN(CCOCC1CC1)C(=O)c1ccc(Br)cc1S. The molecule has 1 amide bonds. The van der Waals surface area contributed by atoms with E-state index in [-0.39, 0.29) is 5.91 Å². The number of ether oxygens (including phenoxy) is 1. The van der Waals surface area contributed by atoms with E-state index in [1.807, 2.05) is 12.1 Å². The van der Waals surface area contributed by atoms with Crippen molar-refractivity contribution >= 4 is 34.5 Å². The minimum atomic E-state index is -0.0208. The second-order valence-corrected chi connectivity index (χ2v) is 6.30. The van der Waals surface area contributed by atoms with Gasteiger partial charge < -0.3 is 9.64 Å². The number of thiol groups is 1. The smallest absolute Gasteiger partial charge is 0.254 e. The summed E-state index contributed by atoms with van der Waals surface area (Å²) in [5, 5.41) is 0. The van der Waals surface area contributed by atoms with E-state index < -0.39 is 0 Å². The molecule has 3 nitrogen and oxygen atoms in total. The minimum absolute atomic E-state index is 0.0208. The number of carbonyl (C=O) groups excluding carboxylic acids is 1. The fourth-order valence-corrected chi connectivity index (χ4v) is 2.58. The maximum Gasteiger partial charge on any atom is 0.254 e. The average molecular weight is 344 g/mol. The zero-order valence-corrected chi connectivity index (χ0v) is 13.4. The van der Waals surface area contributed by atoms with Crippen molar-refractivity contribution in [1.82, 2.24) is 4.90 Å². The lowest BCUT2D eigenvalue weighted by atomic mass is 10.2.